The number of likely N-dealkylation sites (tertiary alicyclic amines) is 1. The van der Waals surface area contributed by atoms with Crippen LogP contribution in [0.2, 0.25) is 0 Å². The minimum Gasteiger partial charge on any atom is -0.484 e. The van der Waals surface area contributed by atoms with Gasteiger partial charge in [0.2, 0.25) is 0 Å². The van der Waals surface area contributed by atoms with Gasteiger partial charge in [0, 0.05) is 26.3 Å². The predicted molar refractivity (Wildman–Crippen MR) is 115 cm³/mol. The minimum absolute atomic E-state index is 0.113. The summed E-state index contributed by atoms with van der Waals surface area (Å²) in [6.07, 6.45) is 4.12. The van der Waals surface area contributed by atoms with Gasteiger partial charge >= 0.3 is 5.97 Å². The molecule has 31 heavy (non-hydrogen) atoms. The van der Waals surface area contributed by atoms with Gasteiger partial charge in [-0.05, 0) is 55.1 Å². The van der Waals surface area contributed by atoms with Gasteiger partial charge in [-0.25, -0.2) is 4.98 Å². The second-order valence-corrected chi connectivity index (χ2v) is 8.10. The Hall–Kier alpha value is -2.64. The molecule has 7 heteroatoms. The summed E-state index contributed by atoms with van der Waals surface area (Å²) < 4.78 is 21.9. The van der Waals surface area contributed by atoms with E-state index in [9.17, 15) is 4.79 Å². The molecule has 1 atom stereocenters. The summed E-state index contributed by atoms with van der Waals surface area (Å²) in [6.45, 7) is 4.19. The van der Waals surface area contributed by atoms with Gasteiger partial charge in [0.05, 0.1) is 6.61 Å². The zero-order valence-electron chi connectivity index (χ0n) is 18.0. The average molecular weight is 427 g/mol. The fourth-order valence-corrected chi connectivity index (χ4v) is 4.05. The number of hydrogen-bond acceptors (Lipinski definition) is 7. The number of methoxy groups -OCH3 is 1. The molecule has 1 fully saturated rings. The first-order valence-electron chi connectivity index (χ1n) is 10.9. The van der Waals surface area contributed by atoms with Gasteiger partial charge in [0.15, 0.2) is 11.9 Å². The van der Waals surface area contributed by atoms with E-state index in [2.05, 4.69) is 34.1 Å². The summed E-state index contributed by atoms with van der Waals surface area (Å²) in [5.74, 6) is 1.54. The number of piperidine rings is 1. The monoisotopic (exact) mass is 426 g/mol. The number of hydrogen-bond donors (Lipinski definition) is 0. The molecule has 1 saturated heterocycles. The maximum absolute atomic E-state index is 11.9. The first-order chi connectivity index (χ1) is 15.2. The summed E-state index contributed by atoms with van der Waals surface area (Å²) >= 11 is 0. The van der Waals surface area contributed by atoms with Gasteiger partial charge < -0.3 is 18.9 Å². The van der Waals surface area contributed by atoms with Crippen LogP contribution < -0.4 is 9.47 Å². The number of aromatic nitrogens is 1. The second-order valence-electron chi connectivity index (χ2n) is 8.10. The molecule has 0 amide bonds. The molecule has 3 heterocycles. The maximum Gasteiger partial charge on any atom is 0.306 e. The molecule has 1 aromatic heterocycles. The summed E-state index contributed by atoms with van der Waals surface area (Å²) in [7, 11) is 1.60. The lowest BCUT2D eigenvalue weighted by Crippen LogP contribution is -2.34. The average Bonchev–Trinajstić information content (AvgIpc) is 2.81. The zero-order valence-corrected chi connectivity index (χ0v) is 18.0. The number of esters is 1. The van der Waals surface area contributed by atoms with Crippen LogP contribution in [0.3, 0.4) is 0 Å². The highest BCUT2D eigenvalue weighted by atomic mass is 16.6. The third-order valence-corrected chi connectivity index (χ3v) is 5.85. The van der Waals surface area contributed by atoms with Crippen LogP contribution in [0.15, 0.2) is 42.6 Å². The quantitative estimate of drug-likeness (QED) is 0.473. The van der Waals surface area contributed by atoms with Gasteiger partial charge in [-0.2, -0.15) is 0 Å². The van der Waals surface area contributed by atoms with Crippen LogP contribution in [0.25, 0.3) is 0 Å². The highest BCUT2D eigenvalue weighted by molar-refractivity contribution is 5.69. The van der Waals surface area contributed by atoms with Crippen molar-refractivity contribution in [1.82, 2.24) is 9.88 Å². The molecular formula is C24H30N2O5. The molecule has 0 spiro atoms. The molecule has 0 N–H and O–H groups in total. The topological polar surface area (TPSA) is 70.1 Å². The second kappa shape index (κ2) is 10.6. The van der Waals surface area contributed by atoms with E-state index in [1.807, 2.05) is 12.1 Å². The fourth-order valence-electron chi connectivity index (χ4n) is 4.05. The Kier molecular flexibility index (Phi) is 7.38. The lowest BCUT2D eigenvalue weighted by atomic mass is 9.93. The Morgan fingerprint density at radius 2 is 1.97 bits per heavy atom. The lowest BCUT2D eigenvalue weighted by molar-refractivity contribution is -0.146. The van der Waals surface area contributed by atoms with E-state index >= 15 is 0 Å². The van der Waals surface area contributed by atoms with Crippen LogP contribution in [0.4, 0.5) is 0 Å². The van der Waals surface area contributed by atoms with Gasteiger partial charge in [0.25, 0.3) is 5.88 Å². The van der Waals surface area contributed by atoms with Crippen molar-refractivity contribution in [2.24, 2.45) is 5.92 Å². The molecular weight excluding hydrogens is 396 g/mol. The Morgan fingerprint density at radius 1 is 1.16 bits per heavy atom. The molecule has 1 aromatic carbocycles. The van der Waals surface area contributed by atoms with Crippen LogP contribution >= 0.6 is 0 Å². The Labute approximate surface area is 183 Å². The molecule has 0 bridgehead atoms. The van der Waals surface area contributed by atoms with E-state index in [0.29, 0.717) is 43.8 Å². The first kappa shape index (κ1) is 21.6. The summed E-state index contributed by atoms with van der Waals surface area (Å²) in [6, 6.07) is 12.3. The summed E-state index contributed by atoms with van der Waals surface area (Å²) in [5, 5.41) is 0. The van der Waals surface area contributed by atoms with Crippen molar-refractivity contribution in [2.75, 3.05) is 40.0 Å². The molecule has 0 saturated carbocycles. The van der Waals surface area contributed by atoms with Gasteiger partial charge in [-0.3, -0.25) is 9.69 Å². The molecule has 0 unspecified atom stereocenters. The van der Waals surface area contributed by atoms with Crippen molar-refractivity contribution < 1.29 is 23.7 Å². The first-order valence-corrected chi connectivity index (χ1v) is 10.9. The van der Waals surface area contributed by atoms with E-state index in [1.54, 1.807) is 13.3 Å². The fraction of sp³-hybridized carbons (Fsp3) is 0.500. The van der Waals surface area contributed by atoms with Crippen molar-refractivity contribution in [2.45, 2.75) is 31.9 Å². The Morgan fingerprint density at radius 3 is 2.74 bits per heavy atom. The highest BCUT2D eigenvalue weighted by Crippen LogP contribution is 2.34. The molecule has 2 aliphatic rings. The number of benzene rings is 1. The number of nitrogens with zero attached hydrogens (tertiary/aromatic N) is 2. The molecule has 166 valence electrons. The number of carbonyl (C=O) groups excluding carboxylic acids is 1. The van der Waals surface area contributed by atoms with Crippen LogP contribution in [-0.4, -0.2) is 55.9 Å². The molecule has 7 nitrogen and oxygen atoms in total. The van der Waals surface area contributed by atoms with Crippen molar-refractivity contribution in [3.05, 3.63) is 53.7 Å². The minimum atomic E-state index is -0.143. The predicted octanol–water partition coefficient (Wildman–Crippen LogP) is 3.39. The van der Waals surface area contributed by atoms with Crippen LogP contribution in [0, 0.1) is 5.92 Å². The SMILES string of the molecule is COCCOC(=O)CC1CCN(Cc2ccc([C@H]3COc4cccnc4O3)cc2)CC1. The molecule has 4 rings (SSSR count). The maximum atomic E-state index is 11.9. The number of pyridine rings is 1. The zero-order chi connectivity index (χ0) is 21.5. The number of ether oxygens (including phenoxy) is 4. The highest BCUT2D eigenvalue weighted by Gasteiger charge is 2.24. The normalized spacial score (nSPS) is 19.2. The third-order valence-electron chi connectivity index (χ3n) is 5.85. The van der Waals surface area contributed by atoms with Gasteiger partial charge in [-0.15, -0.1) is 0 Å². The Bertz CT molecular complexity index is 849. The van der Waals surface area contributed by atoms with Crippen molar-refractivity contribution in [3.63, 3.8) is 0 Å². The third kappa shape index (κ3) is 5.95. The molecule has 0 radical (unpaired) electrons. The standard InChI is InChI=1S/C24H30N2O5/c1-28-13-14-29-23(27)15-18-8-11-26(12-9-18)16-19-4-6-20(7-5-19)22-17-30-21-3-2-10-25-24(21)31-22/h2-7,10,18,22H,8-9,11-17H2,1H3/t22-/m1/s1. The smallest absolute Gasteiger partial charge is 0.306 e. The van der Waals surface area contributed by atoms with Crippen LogP contribution in [0.1, 0.15) is 36.5 Å². The van der Waals surface area contributed by atoms with E-state index in [-0.39, 0.29) is 12.1 Å². The summed E-state index contributed by atoms with van der Waals surface area (Å²) in [5.41, 5.74) is 2.36. The van der Waals surface area contributed by atoms with Crippen LogP contribution in [-0.2, 0) is 20.8 Å². The van der Waals surface area contributed by atoms with Crippen molar-refractivity contribution in [1.29, 1.82) is 0 Å². The van der Waals surface area contributed by atoms with Gasteiger partial charge in [0.1, 0.15) is 13.2 Å². The largest absolute Gasteiger partial charge is 0.484 e. The molecule has 0 aliphatic carbocycles. The number of carbonyl (C=O) groups is 1. The lowest BCUT2D eigenvalue weighted by Gasteiger charge is -2.31. The van der Waals surface area contributed by atoms with E-state index in [4.69, 9.17) is 18.9 Å². The van der Waals surface area contributed by atoms with E-state index in [1.165, 1.54) is 5.56 Å². The summed E-state index contributed by atoms with van der Waals surface area (Å²) in [4.78, 5) is 18.6. The van der Waals surface area contributed by atoms with E-state index in [0.717, 1.165) is 38.0 Å². The Balaban J connectivity index is 1.22. The molecule has 2 aromatic rings. The molecule has 2 aliphatic heterocycles. The van der Waals surface area contributed by atoms with Crippen molar-refractivity contribution >= 4 is 5.97 Å². The van der Waals surface area contributed by atoms with E-state index < -0.39 is 0 Å². The number of fused-ring (bicyclic) bond motifs is 1. The number of rotatable bonds is 8. The van der Waals surface area contributed by atoms with Crippen molar-refractivity contribution in [3.8, 4) is 11.6 Å². The van der Waals surface area contributed by atoms with Gasteiger partial charge in [-0.1, -0.05) is 24.3 Å². The van der Waals surface area contributed by atoms with Crippen LogP contribution in [0.5, 0.6) is 11.6 Å².